The Hall–Kier alpha value is -2.90. The molecule has 1 N–H and O–H groups in total. The summed E-state index contributed by atoms with van der Waals surface area (Å²) in [5.41, 5.74) is 0.583. The summed E-state index contributed by atoms with van der Waals surface area (Å²) in [6.45, 7) is 4.51. The van der Waals surface area contributed by atoms with Gasteiger partial charge >= 0.3 is 6.03 Å². The van der Waals surface area contributed by atoms with Crippen LogP contribution in [-0.2, 0) is 16.8 Å². The topological polar surface area (TPSA) is 91.6 Å². The third kappa shape index (κ3) is 3.26. The molecule has 0 unspecified atom stereocenters. The largest absolute Gasteiger partial charge is 0.341 e. The van der Waals surface area contributed by atoms with Crippen molar-refractivity contribution in [3.63, 3.8) is 0 Å². The van der Waals surface area contributed by atoms with Crippen molar-refractivity contribution < 1.29 is 14.1 Å². The number of nitrogens with one attached hydrogen (secondary N) is 1. The highest BCUT2D eigenvalue weighted by atomic mass is 16.5. The third-order valence-corrected chi connectivity index (χ3v) is 6.37. The summed E-state index contributed by atoms with van der Waals surface area (Å²) in [5.74, 6) is 1.64. The van der Waals surface area contributed by atoms with Crippen molar-refractivity contribution in [2.75, 3.05) is 26.2 Å². The van der Waals surface area contributed by atoms with Gasteiger partial charge in [-0.2, -0.15) is 4.98 Å². The maximum absolute atomic E-state index is 12.8. The Morgan fingerprint density at radius 1 is 1.17 bits per heavy atom. The highest BCUT2D eigenvalue weighted by molar-refractivity contribution is 5.82. The smallest absolute Gasteiger partial charge is 0.317 e. The second-order valence-electron chi connectivity index (χ2n) is 8.52. The zero-order valence-electron chi connectivity index (χ0n) is 16.5. The standard InChI is InChI=1S/C21H25N5O3/c1-14-23-19(29-24-14)21-12-25(18(27)16-7-8-16)10-17(21)11-26(13-21)20(28)22-9-15-5-3-2-4-6-15/h2-6,16-17H,7-13H2,1H3,(H,22,28)/t17-,21-/m1/s1. The second-order valence-corrected chi connectivity index (χ2v) is 8.52. The molecular formula is C21H25N5O3. The van der Waals surface area contributed by atoms with Crippen LogP contribution in [0.4, 0.5) is 4.79 Å². The molecule has 2 aliphatic heterocycles. The molecule has 2 aromatic rings. The molecule has 152 valence electrons. The first-order chi connectivity index (χ1) is 14.0. The van der Waals surface area contributed by atoms with E-state index in [-0.39, 0.29) is 23.8 Å². The number of amides is 3. The summed E-state index contributed by atoms with van der Waals surface area (Å²) in [4.78, 5) is 33.8. The molecule has 3 aliphatic rings. The summed E-state index contributed by atoms with van der Waals surface area (Å²) >= 11 is 0. The number of rotatable bonds is 4. The number of aromatic nitrogens is 2. The van der Waals surface area contributed by atoms with Crippen LogP contribution in [-0.4, -0.2) is 58.1 Å². The van der Waals surface area contributed by atoms with Crippen molar-refractivity contribution in [1.82, 2.24) is 25.3 Å². The van der Waals surface area contributed by atoms with Crippen molar-refractivity contribution in [2.45, 2.75) is 31.7 Å². The van der Waals surface area contributed by atoms with Gasteiger partial charge in [-0.1, -0.05) is 35.5 Å². The SMILES string of the molecule is Cc1noc([C@]23CN(C(=O)NCc4ccccc4)C[C@H]2CN(C(=O)C2CC2)C3)n1. The van der Waals surface area contributed by atoms with Gasteiger partial charge in [-0.05, 0) is 25.3 Å². The van der Waals surface area contributed by atoms with Gasteiger partial charge in [0.15, 0.2) is 5.82 Å². The van der Waals surface area contributed by atoms with Crippen molar-refractivity contribution in [3.8, 4) is 0 Å². The van der Waals surface area contributed by atoms with E-state index in [1.54, 1.807) is 6.92 Å². The number of urea groups is 1. The van der Waals surface area contributed by atoms with Gasteiger partial charge in [-0.25, -0.2) is 4.79 Å². The Labute approximate surface area is 169 Å². The molecule has 3 fully saturated rings. The fourth-order valence-corrected chi connectivity index (χ4v) is 4.66. The molecule has 3 heterocycles. The number of aryl methyl sites for hydroxylation is 1. The molecule has 5 rings (SSSR count). The summed E-state index contributed by atoms with van der Waals surface area (Å²) < 4.78 is 5.56. The molecule has 0 radical (unpaired) electrons. The number of fused-ring (bicyclic) bond motifs is 1. The van der Waals surface area contributed by atoms with Crippen LogP contribution < -0.4 is 5.32 Å². The van der Waals surface area contributed by atoms with Crippen LogP contribution in [0.2, 0.25) is 0 Å². The molecule has 0 bridgehead atoms. The molecule has 1 aromatic heterocycles. The fraction of sp³-hybridized carbons (Fsp3) is 0.524. The van der Waals surface area contributed by atoms with Crippen molar-refractivity contribution in [3.05, 3.63) is 47.6 Å². The summed E-state index contributed by atoms with van der Waals surface area (Å²) in [6.07, 6.45) is 1.97. The van der Waals surface area contributed by atoms with Gasteiger partial charge in [0.2, 0.25) is 11.8 Å². The van der Waals surface area contributed by atoms with Crippen LogP contribution >= 0.6 is 0 Å². The fourth-order valence-electron chi connectivity index (χ4n) is 4.66. The van der Waals surface area contributed by atoms with Gasteiger partial charge in [-0.15, -0.1) is 0 Å². The number of nitrogens with zero attached hydrogens (tertiary/aromatic N) is 4. The van der Waals surface area contributed by atoms with Gasteiger partial charge in [0.1, 0.15) is 0 Å². The van der Waals surface area contributed by atoms with Crippen LogP contribution in [0, 0.1) is 18.8 Å². The van der Waals surface area contributed by atoms with E-state index in [1.807, 2.05) is 40.1 Å². The first-order valence-electron chi connectivity index (χ1n) is 10.2. The van der Waals surface area contributed by atoms with E-state index in [0.717, 1.165) is 18.4 Å². The summed E-state index contributed by atoms with van der Waals surface area (Å²) in [5, 5.41) is 6.98. The molecule has 2 atom stereocenters. The number of carbonyl (C=O) groups is 2. The van der Waals surface area contributed by atoms with Crippen molar-refractivity contribution in [1.29, 1.82) is 0 Å². The lowest BCUT2D eigenvalue weighted by Gasteiger charge is -2.26. The van der Waals surface area contributed by atoms with Crippen LogP contribution in [0.3, 0.4) is 0 Å². The van der Waals surface area contributed by atoms with Crippen LogP contribution in [0.15, 0.2) is 34.9 Å². The number of hydrogen-bond acceptors (Lipinski definition) is 5. The van der Waals surface area contributed by atoms with Gasteiger partial charge in [-0.3, -0.25) is 4.79 Å². The van der Waals surface area contributed by atoms with E-state index < -0.39 is 5.41 Å². The molecule has 8 heteroatoms. The lowest BCUT2D eigenvalue weighted by molar-refractivity contribution is -0.131. The lowest BCUT2D eigenvalue weighted by atomic mass is 9.81. The van der Waals surface area contributed by atoms with Crippen LogP contribution in [0.5, 0.6) is 0 Å². The van der Waals surface area contributed by atoms with Crippen LogP contribution in [0.25, 0.3) is 0 Å². The molecule has 2 saturated heterocycles. The van der Waals surface area contributed by atoms with Gasteiger partial charge < -0.3 is 19.6 Å². The minimum absolute atomic E-state index is 0.0982. The summed E-state index contributed by atoms with van der Waals surface area (Å²) in [7, 11) is 0. The Morgan fingerprint density at radius 2 is 1.90 bits per heavy atom. The van der Waals surface area contributed by atoms with E-state index in [2.05, 4.69) is 15.5 Å². The predicted octanol–water partition coefficient (Wildman–Crippen LogP) is 1.71. The Bertz CT molecular complexity index is 925. The molecule has 0 spiro atoms. The maximum atomic E-state index is 12.8. The molecule has 1 saturated carbocycles. The molecular weight excluding hydrogens is 370 g/mol. The Kier molecular flexibility index (Phi) is 4.29. The van der Waals surface area contributed by atoms with E-state index in [0.29, 0.717) is 44.4 Å². The quantitative estimate of drug-likeness (QED) is 0.851. The number of benzene rings is 1. The van der Waals surface area contributed by atoms with E-state index >= 15 is 0 Å². The molecule has 1 aromatic carbocycles. The Balaban J connectivity index is 1.32. The first-order valence-corrected chi connectivity index (χ1v) is 10.2. The third-order valence-electron chi connectivity index (χ3n) is 6.37. The van der Waals surface area contributed by atoms with Gasteiger partial charge in [0.05, 0.1) is 5.41 Å². The zero-order valence-corrected chi connectivity index (χ0v) is 16.5. The second kappa shape index (κ2) is 6.86. The monoisotopic (exact) mass is 395 g/mol. The molecule has 29 heavy (non-hydrogen) atoms. The predicted molar refractivity (Wildman–Crippen MR) is 104 cm³/mol. The first kappa shape index (κ1) is 18.1. The highest BCUT2D eigenvalue weighted by Gasteiger charge is 2.59. The van der Waals surface area contributed by atoms with E-state index in [1.165, 1.54) is 0 Å². The Morgan fingerprint density at radius 3 is 2.59 bits per heavy atom. The van der Waals surface area contributed by atoms with Gasteiger partial charge in [0.25, 0.3) is 0 Å². The minimum Gasteiger partial charge on any atom is -0.341 e. The molecule has 8 nitrogen and oxygen atoms in total. The molecule has 3 amide bonds. The zero-order chi connectivity index (χ0) is 20.0. The van der Waals surface area contributed by atoms with Crippen LogP contribution in [0.1, 0.15) is 30.1 Å². The number of hydrogen-bond donors (Lipinski definition) is 1. The van der Waals surface area contributed by atoms with Crippen molar-refractivity contribution >= 4 is 11.9 Å². The lowest BCUT2D eigenvalue weighted by Crippen LogP contribution is -2.44. The van der Waals surface area contributed by atoms with E-state index in [4.69, 9.17) is 4.52 Å². The average Bonchev–Trinajstić information content (AvgIpc) is 3.22. The van der Waals surface area contributed by atoms with E-state index in [9.17, 15) is 9.59 Å². The number of likely N-dealkylation sites (tertiary alicyclic amines) is 2. The molecule has 1 aliphatic carbocycles. The summed E-state index contributed by atoms with van der Waals surface area (Å²) in [6, 6.07) is 9.75. The van der Waals surface area contributed by atoms with Gasteiger partial charge in [0, 0.05) is 44.6 Å². The number of carbonyl (C=O) groups excluding carboxylic acids is 2. The highest BCUT2D eigenvalue weighted by Crippen LogP contribution is 2.46. The normalized spacial score (nSPS) is 25.9. The minimum atomic E-state index is -0.476. The average molecular weight is 395 g/mol. The maximum Gasteiger partial charge on any atom is 0.317 e. The van der Waals surface area contributed by atoms with Crippen molar-refractivity contribution in [2.24, 2.45) is 11.8 Å².